The fraction of sp³-hybridized carbons (Fsp3) is 0.833. The molecule has 0 aromatic heterocycles. The van der Waals surface area contributed by atoms with Crippen LogP contribution in [0.1, 0.15) is 13.3 Å². The van der Waals surface area contributed by atoms with E-state index in [-0.39, 0.29) is 11.8 Å². The highest BCUT2D eigenvalue weighted by Crippen LogP contribution is 2.49. The molecule has 1 aliphatic rings. The number of nitrogens with zero attached hydrogens (tertiary/aromatic N) is 1. The van der Waals surface area contributed by atoms with Gasteiger partial charge in [0.15, 0.2) is 15.7 Å². The summed E-state index contributed by atoms with van der Waals surface area (Å²) in [6.07, 6.45) is 1.55. The number of hydrogen-bond acceptors (Lipinski definition) is 4. The lowest BCUT2D eigenvalue weighted by Gasteiger charge is -2.11. The molecule has 0 aromatic carbocycles. The van der Waals surface area contributed by atoms with E-state index in [1.165, 1.54) is 0 Å². The number of hydrogen-bond donors (Lipinski definition) is 2. The van der Waals surface area contributed by atoms with Crippen LogP contribution in [0.3, 0.4) is 0 Å². The van der Waals surface area contributed by atoms with Gasteiger partial charge < -0.3 is 10.9 Å². The Balaban J connectivity index is 3.13. The minimum absolute atomic E-state index is 0.0524. The minimum atomic E-state index is -3.27. The van der Waals surface area contributed by atoms with E-state index in [0.29, 0.717) is 6.42 Å². The summed E-state index contributed by atoms with van der Waals surface area (Å²) >= 11 is 0. The van der Waals surface area contributed by atoms with E-state index in [1.807, 2.05) is 0 Å². The topological polar surface area (TPSA) is 92.8 Å². The van der Waals surface area contributed by atoms with Crippen LogP contribution in [0.2, 0.25) is 0 Å². The number of nitrogens with two attached hydrogens (primary N) is 1. The molecular weight excluding hydrogens is 180 g/mol. The summed E-state index contributed by atoms with van der Waals surface area (Å²) < 4.78 is 21.4. The van der Waals surface area contributed by atoms with Crippen molar-refractivity contribution in [2.45, 2.75) is 18.1 Å². The van der Waals surface area contributed by atoms with Gasteiger partial charge >= 0.3 is 0 Å². The van der Waals surface area contributed by atoms with Crippen molar-refractivity contribution < 1.29 is 13.6 Å². The van der Waals surface area contributed by atoms with Crippen LogP contribution in [0.25, 0.3) is 0 Å². The van der Waals surface area contributed by atoms with Gasteiger partial charge in [0.1, 0.15) is 4.75 Å². The molecule has 1 fully saturated rings. The van der Waals surface area contributed by atoms with E-state index >= 15 is 0 Å². The molecule has 2 atom stereocenters. The summed E-state index contributed by atoms with van der Waals surface area (Å²) in [6.45, 7) is 1.76. The maximum absolute atomic E-state index is 11.3. The summed E-state index contributed by atoms with van der Waals surface area (Å²) in [5, 5.41) is 11.1. The molecule has 6 heteroatoms. The van der Waals surface area contributed by atoms with E-state index in [9.17, 15) is 8.42 Å². The Hall–Kier alpha value is -0.780. The third-order valence-corrected chi connectivity index (χ3v) is 4.55. The monoisotopic (exact) mass is 192 g/mol. The Bertz CT molecular complexity index is 322. The quantitative estimate of drug-likeness (QED) is 0.268. The fourth-order valence-corrected chi connectivity index (χ4v) is 3.25. The Morgan fingerprint density at radius 3 is 2.25 bits per heavy atom. The van der Waals surface area contributed by atoms with E-state index < -0.39 is 14.6 Å². The Kier molecular flexibility index (Phi) is 1.82. The molecule has 0 aliphatic heterocycles. The van der Waals surface area contributed by atoms with Gasteiger partial charge in [-0.15, -0.1) is 0 Å². The van der Waals surface area contributed by atoms with Crippen molar-refractivity contribution in [3.8, 4) is 0 Å². The number of amidine groups is 1. The smallest absolute Gasteiger partial charge is 0.160 e. The standard InChI is InChI=1S/C6H12N2O3S/c1-4-3-6(4,5(7)8-9)12(2,10)11/h4,9H,3H2,1-2H3,(H2,7,8)/t4-,6-/m0/s1. The van der Waals surface area contributed by atoms with Crippen molar-refractivity contribution in [1.29, 1.82) is 0 Å². The molecule has 1 rings (SSSR count). The second-order valence-corrected chi connectivity index (χ2v) is 5.52. The van der Waals surface area contributed by atoms with E-state index in [1.54, 1.807) is 6.92 Å². The first-order valence-electron chi connectivity index (χ1n) is 3.54. The first-order chi connectivity index (χ1) is 5.36. The Morgan fingerprint density at radius 1 is 1.75 bits per heavy atom. The van der Waals surface area contributed by atoms with E-state index in [2.05, 4.69) is 5.16 Å². The van der Waals surface area contributed by atoms with Crippen molar-refractivity contribution in [2.75, 3.05) is 6.26 Å². The summed E-state index contributed by atoms with van der Waals surface area (Å²) in [6, 6.07) is 0. The summed E-state index contributed by atoms with van der Waals surface area (Å²) in [4.78, 5) is 0. The second-order valence-electron chi connectivity index (χ2n) is 3.25. The van der Waals surface area contributed by atoms with Gasteiger partial charge in [-0.25, -0.2) is 8.42 Å². The third kappa shape index (κ3) is 0.979. The van der Waals surface area contributed by atoms with Gasteiger partial charge in [0, 0.05) is 6.26 Å². The molecule has 1 saturated carbocycles. The molecule has 12 heavy (non-hydrogen) atoms. The molecule has 0 spiro atoms. The molecule has 0 heterocycles. The van der Waals surface area contributed by atoms with Crippen LogP contribution < -0.4 is 5.73 Å². The van der Waals surface area contributed by atoms with E-state index in [4.69, 9.17) is 10.9 Å². The summed E-state index contributed by atoms with van der Waals surface area (Å²) in [5.74, 6) is -0.249. The van der Waals surface area contributed by atoms with Crippen LogP contribution in [0.5, 0.6) is 0 Å². The van der Waals surface area contributed by atoms with Crippen molar-refractivity contribution in [1.82, 2.24) is 0 Å². The van der Waals surface area contributed by atoms with Gasteiger partial charge in [-0.1, -0.05) is 12.1 Å². The zero-order chi connectivity index (χ0) is 9.57. The average Bonchev–Trinajstić information content (AvgIpc) is 2.60. The zero-order valence-corrected chi connectivity index (χ0v) is 7.80. The Morgan fingerprint density at radius 2 is 2.17 bits per heavy atom. The fourth-order valence-electron chi connectivity index (χ4n) is 1.54. The highest BCUT2D eigenvalue weighted by Gasteiger charge is 2.63. The summed E-state index contributed by atoms with van der Waals surface area (Å²) in [5.41, 5.74) is 5.31. The SMILES string of the molecule is C[C@H]1C[C@]1(/C(N)=N\O)S(C)(=O)=O. The summed E-state index contributed by atoms with van der Waals surface area (Å²) in [7, 11) is -3.27. The van der Waals surface area contributed by atoms with Crippen LogP contribution in [-0.4, -0.2) is 30.5 Å². The van der Waals surface area contributed by atoms with Gasteiger partial charge in [-0.2, -0.15) is 0 Å². The molecule has 0 radical (unpaired) electrons. The highest BCUT2D eigenvalue weighted by atomic mass is 32.2. The third-order valence-electron chi connectivity index (χ3n) is 2.45. The van der Waals surface area contributed by atoms with Gasteiger partial charge in [0.05, 0.1) is 0 Å². The van der Waals surface area contributed by atoms with E-state index in [0.717, 1.165) is 6.26 Å². The minimum Gasteiger partial charge on any atom is -0.409 e. The Labute approximate surface area is 71.2 Å². The normalized spacial score (nSPS) is 36.5. The van der Waals surface area contributed by atoms with Gasteiger partial charge in [-0.05, 0) is 12.3 Å². The molecule has 3 N–H and O–H groups in total. The maximum atomic E-state index is 11.3. The molecule has 0 amide bonds. The van der Waals surface area contributed by atoms with Gasteiger partial charge in [0.25, 0.3) is 0 Å². The van der Waals surface area contributed by atoms with Crippen LogP contribution in [-0.2, 0) is 9.84 Å². The predicted molar refractivity (Wildman–Crippen MR) is 44.8 cm³/mol. The predicted octanol–water partition coefficient (Wildman–Crippen LogP) is -0.444. The molecule has 0 aromatic rings. The molecule has 5 nitrogen and oxygen atoms in total. The molecule has 0 unspecified atom stereocenters. The maximum Gasteiger partial charge on any atom is 0.160 e. The lowest BCUT2D eigenvalue weighted by Crippen LogP contribution is -2.39. The van der Waals surface area contributed by atoms with Gasteiger partial charge in [0.2, 0.25) is 0 Å². The lowest BCUT2D eigenvalue weighted by atomic mass is 10.3. The van der Waals surface area contributed by atoms with Crippen LogP contribution in [0.4, 0.5) is 0 Å². The van der Waals surface area contributed by atoms with Crippen molar-refractivity contribution in [3.05, 3.63) is 0 Å². The molecule has 70 valence electrons. The number of sulfone groups is 1. The number of rotatable bonds is 2. The molecule has 1 aliphatic carbocycles. The molecule has 0 bridgehead atoms. The van der Waals surface area contributed by atoms with Crippen LogP contribution >= 0.6 is 0 Å². The highest BCUT2D eigenvalue weighted by molar-refractivity contribution is 7.93. The number of oxime groups is 1. The largest absolute Gasteiger partial charge is 0.409 e. The van der Waals surface area contributed by atoms with Crippen molar-refractivity contribution in [2.24, 2.45) is 16.8 Å². The molecule has 0 saturated heterocycles. The van der Waals surface area contributed by atoms with Crippen molar-refractivity contribution in [3.63, 3.8) is 0 Å². The van der Waals surface area contributed by atoms with Crippen molar-refractivity contribution >= 4 is 15.7 Å². The van der Waals surface area contributed by atoms with Crippen LogP contribution in [0.15, 0.2) is 5.16 Å². The first-order valence-corrected chi connectivity index (χ1v) is 5.43. The second kappa shape index (κ2) is 2.35. The lowest BCUT2D eigenvalue weighted by molar-refractivity contribution is 0.316. The molecular formula is C6H12N2O3S. The van der Waals surface area contributed by atoms with Crippen LogP contribution in [0, 0.1) is 5.92 Å². The average molecular weight is 192 g/mol. The first kappa shape index (κ1) is 9.31. The zero-order valence-electron chi connectivity index (χ0n) is 6.98. The van der Waals surface area contributed by atoms with Gasteiger partial charge in [-0.3, -0.25) is 0 Å².